The molecule has 0 amide bonds. The lowest BCUT2D eigenvalue weighted by Gasteiger charge is -2.09. The monoisotopic (exact) mass is 914 g/mol. The van der Waals surface area contributed by atoms with E-state index in [-0.39, 0.29) is 0 Å². The molecule has 0 radical (unpaired) electrons. The van der Waals surface area contributed by atoms with Crippen LogP contribution in [0.3, 0.4) is 0 Å². The molecule has 8 heterocycles. The lowest BCUT2D eigenvalue weighted by Crippen LogP contribution is -1.94. The highest BCUT2D eigenvalue weighted by molar-refractivity contribution is 6.36. The average Bonchev–Trinajstić information content (AvgIpc) is 4.32. The van der Waals surface area contributed by atoms with E-state index in [2.05, 4.69) is 212 Å². The molecule has 0 bridgehead atoms. The molecule has 19 rings (SSSR count). The van der Waals surface area contributed by atoms with Crippen LogP contribution in [-0.2, 0) is 0 Å². The van der Waals surface area contributed by atoms with Crippen molar-refractivity contribution in [3.05, 3.63) is 206 Å². The number of aromatic nitrogens is 4. The van der Waals surface area contributed by atoms with Gasteiger partial charge in [0.25, 0.3) is 0 Å². The molecule has 0 saturated heterocycles. The number of fused-ring (bicyclic) bond motifs is 26. The normalized spacial score (nSPS) is 13.0. The van der Waals surface area contributed by atoms with Gasteiger partial charge in [0.15, 0.2) is 11.2 Å². The van der Waals surface area contributed by atoms with Crippen molar-refractivity contribution in [1.82, 2.24) is 17.9 Å². The highest BCUT2D eigenvalue weighted by Crippen LogP contribution is 2.50. The smallest absolute Gasteiger partial charge is 0.159 e. The molecule has 8 aromatic heterocycles. The third kappa shape index (κ3) is 4.05. The van der Waals surface area contributed by atoms with Crippen LogP contribution < -0.4 is 0 Å². The number of benzene rings is 11. The van der Waals surface area contributed by atoms with Crippen LogP contribution in [0, 0.1) is 0 Å². The summed E-state index contributed by atoms with van der Waals surface area (Å²) in [4.78, 5) is 0. The number of hydrogen-bond donors (Lipinski definition) is 0. The first-order valence-electron chi connectivity index (χ1n) is 24.8. The lowest BCUT2D eigenvalue weighted by molar-refractivity contribution is 0.666. The number of hydrogen-bond acceptors (Lipinski definition) is 2. The molecule has 11 aromatic carbocycles. The molecule has 0 atom stereocenters. The largest absolute Gasteiger partial charge is 0.454 e. The van der Waals surface area contributed by atoms with Gasteiger partial charge in [-0.1, -0.05) is 133 Å². The highest BCUT2D eigenvalue weighted by Gasteiger charge is 2.28. The average molecular weight is 915 g/mol. The molecule has 0 saturated carbocycles. The van der Waals surface area contributed by atoms with E-state index in [4.69, 9.17) is 8.83 Å². The minimum absolute atomic E-state index is 0.899. The Morgan fingerprint density at radius 3 is 1.08 bits per heavy atom. The molecule has 0 N–H and O–H groups in total. The summed E-state index contributed by atoms with van der Waals surface area (Å²) in [5.74, 6) is 0. The summed E-state index contributed by atoms with van der Waals surface area (Å²) in [6, 6.07) is 75.7. The molecule has 6 heteroatoms. The Kier molecular flexibility index (Phi) is 6.20. The van der Waals surface area contributed by atoms with Gasteiger partial charge in [-0.05, 0) is 72.8 Å². The number of furan rings is 2. The van der Waals surface area contributed by atoms with Crippen LogP contribution in [0.5, 0.6) is 0 Å². The molecule has 0 aliphatic heterocycles. The van der Waals surface area contributed by atoms with Crippen LogP contribution in [0.4, 0.5) is 0 Å². The SMILES string of the molecule is c1ccc2c(c1)oc1c(-n3c4ccccc4c4c5c6cccc7c8cc9c(cc8n(c5ccc43)c76)c3cccc4c5c6c7ccccc7n(-c7cccc8c7oc7ccccc78)c6ccc5n9c34)cccc12. The summed E-state index contributed by atoms with van der Waals surface area (Å²) >= 11 is 0. The Hall–Kier alpha value is -9.78. The Balaban J connectivity index is 0.893. The summed E-state index contributed by atoms with van der Waals surface area (Å²) in [7, 11) is 0. The molecule has 0 fully saturated rings. The van der Waals surface area contributed by atoms with E-state index in [0.29, 0.717) is 0 Å². The maximum atomic E-state index is 6.67. The van der Waals surface area contributed by atoms with E-state index in [1.165, 1.54) is 97.7 Å². The molecule has 0 unspecified atom stereocenters. The quantitative estimate of drug-likeness (QED) is 0.173. The van der Waals surface area contributed by atoms with Crippen molar-refractivity contribution in [3.63, 3.8) is 0 Å². The summed E-state index contributed by atoms with van der Waals surface area (Å²) in [5, 5.41) is 19.6. The van der Waals surface area contributed by atoms with E-state index in [1.807, 2.05) is 12.1 Å². The minimum atomic E-state index is 0.899. The fraction of sp³-hybridized carbons (Fsp3) is 0. The van der Waals surface area contributed by atoms with Crippen LogP contribution in [0.15, 0.2) is 215 Å². The van der Waals surface area contributed by atoms with Crippen LogP contribution >= 0.6 is 0 Å². The first kappa shape index (κ1) is 36.2. The van der Waals surface area contributed by atoms with Gasteiger partial charge in [0, 0.05) is 86.2 Å². The molecular formula is C66H34N4O2. The van der Waals surface area contributed by atoms with Crippen molar-refractivity contribution in [3.8, 4) is 11.4 Å². The Morgan fingerprint density at radius 2 is 0.597 bits per heavy atom. The third-order valence-corrected chi connectivity index (χ3v) is 16.6. The number of para-hydroxylation sites is 8. The summed E-state index contributed by atoms with van der Waals surface area (Å²) in [6.45, 7) is 0. The van der Waals surface area contributed by atoms with Crippen molar-refractivity contribution in [2.75, 3.05) is 0 Å². The van der Waals surface area contributed by atoms with Crippen molar-refractivity contribution in [2.45, 2.75) is 0 Å². The predicted molar refractivity (Wildman–Crippen MR) is 299 cm³/mol. The van der Waals surface area contributed by atoms with Gasteiger partial charge in [0.1, 0.15) is 11.2 Å². The zero-order valence-corrected chi connectivity index (χ0v) is 38.2. The van der Waals surface area contributed by atoms with Gasteiger partial charge in [-0.3, -0.25) is 0 Å². The molecule has 0 spiro atoms. The van der Waals surface area contributed by atoms with E-state index in [1.54, 1.807) is 0 Å². The lowest BCUT2D eigenvalue weighted by atomic mass is 10.0. The molecule has 0 aliphatic carbocycles. The third-order valence-electron chi connectivity index (χ3n) is 16.6. The van der Waals surface area contributed by atoms with Crippen molar-refractivity contribution in [2.24, 2.45) is 0 Å². The maximum Gasteiger partial charge on any atom is 0.159 e. The molecule has 6 nitrogen and oxygen atoms in total. The van der Waals surface area contributed by atoms with E-state index >= 15 is 0 Å². The second kappa shape index (κ2) is 12.3. The molecule has 330 valence electrons. The first-order valence-corrected chi connectivity index (χ1v) is 24.8. The van der Waals surface area contributed by atoms with Gasteiger partial charge in [0.2, 0.25) is 0 Å². The highest BCUT2D eigenvalue weighted by atomic mass is 16.3. The maximum absolute atomic E-state index is 6.67. The van der Waals surface area contributed by atoms with Crippen molar-refractivity contribution < 1.29 is 8.83 Å². The Morgan fingerprint density at radius 1 is 0.236 bits per heavy atom. The second-order valence-electron chi connectivity index (χ2n) is 19.9. The zero-order chi connectivity index (χ0) is 46.2. The van der Waals surface area contributed by atoms with Crippen LogP contribution in [0.25, 0.3) is 175 Å². The molecular weight excluding hydrogens is 881 g/mol. The predicted octanol–water partition coefficient (Wildman–Crippen LogP) is 18.0. The van der Waals surface area contributed by atoms with Gasteiger partial charge < -0.3 is 26.8 Å². The van der Waals surface area contributed by atoms with Gasteiger partial charge in [-0.15, -0.1) is 0 Å². The van der Waals surface area contributed by atoms with E-state index in [9.17, 15) is 0 Å². The fourth-order valence-electron chi connectivity index (χ4n) is 13.9. The minimum Gasteiger partial charge on any atom is -0.454 e. The van der Waals surface area contributed by atoms with Crippen LogP contribution in [0.2, 0.25) is 0 Å². The Labute approximate surface area is 406 Å². The van der Waals surface area contributed by atoms with Gasteiger partial charge in [-0.25, -0.2) is 0 Å². The number of nitrogens with zero attached hydrogens (tertiary/aromatic N) is 4. The fourth-order valence-corrected chi connectivity index (χ4v) is 13.9. The van der Waals surface area contributed by atoms with Gasteiger partial charge in [0.05, 0.1) is 66.5 Å². The first-order chi connectivity index (χ1) is 35.8. The second-order valence-corrected chi connectivity index (χ2v) is 19.9. The number of rotatable bonds is 2. The summed E-state index contributed by atoms with van der Waals surface area (Å²) in [5.41, 5.74) is 17.7. The standard InChI is InChI=1S/C66H34N4O2/c1-5-23-47-41(15-1)59-49(67(47)53-25-11-19-39-35-13-3-7-27-57(35)71-65(39)53)29-31-51-61(59)43-21-9-17-37-45-34-56-46(33-55(45)69(51)63(37)43)38-18-10-22-44-62-52(70(56)64(38)44)32-30-50-60(62)42-16-2-6-24-48(42)68(50)54-26-12-20-40-36-14-4-8-28-58(36)72-66(40)54/h1-34H. The zero-order valence-electron chi connectivity index (χ0n) is 38.2. The topological polar surface area (TPSA) is 45.0 Å². The molecule has 72 heavy (non-hydrogen) atoms. The van der Waals surface area contributed by atoms with Crippen LogP contribution in [0.1, 0.15) is 0 Å². The van der Waals surface area contributed by atoms with Crippen molar-refractivity contribution >= 4 is 164 Å². The van der Waals surface area contributed by atoms with Gasteiger partial charge >= 0.3 is 0 Å². The van der Waals surface area contributed by atoms with Crippen molar-refractivity contribution in [1.29, 1.82) is 0 Å². The van der Waals surface area contributed by atoms with E-state index in [0.717, 1.165) is 77.3 Å². The van der Waals surface area contributed by atoms with E-state index < -0.39 is 0 Å². The molecule has 19 aromatic rings. The summed E-state index contributed by atoms with van der Waals surface area (Å²) in [6.07, 6.45) is 0. The van der Waals surface area contributed by atoms with Gasteiger partial charge in [-0.2, -0.15) is 0 Å². The summed E-state index contributed by atoms with van der Waals surface area (Å²) < 4.78 is 23.3. The Bertz CT molecular complexity index is 5300. The molecule has 0 aliphatic rings. The van der Waals surface area contributed by atoms with Crippen LogP contribution in [-0.4, -0.2) is 17.9 Å².